The van der Waals surface area contributed by atoms with Gasteiger partial charge in [-0.25, -0.2) is 13.6 Å². The minimum Gasteiger partial charge on any atom is -0.478 e. The van der Waals surface area contributed by atoms with Crippen molar-refractivity contribution in [1.82, 2.24) is 5.32 Å². The lowest BCUT2D eigenvalue weighted by Gasteiger charge is -2.17. The third-order valence-electron chi connectivity index (χ3n) is 2.16. The molecule has 1 unspecified atom stereocenters. The lowest BCUT2D eigenvalue weighted by molar-refractivity contribution is -0.144. The predicted molar refractivity (Wildman–Crippen MR) is 61.5 cm³/mol. The monoisotopic (exact) mass is 259 g/mol. The van der Waals surface area contributed by atoms with Crippen molar-refractivity contribution in [3.8, 4) is 5.75 Å². The number of hydrogen-bond acceptors (Lipinski definition) is 3. The van der Waals surface area contributed by atoms with Gasteiger partial charge < -0.3 is 15.2 Å². The van der Waals surface area contributed by atoms with E-state index in [1.54, 1.807) is 0 Å². The van der Waals surface area contributed by atoms with E-state index in [0.29, 0.717) is 0 Å². The first-order valence-electron chi connectivity index (χ1n) is 5.48. The van der Waals surface area contributed by atoms with Crippen LogP contribution in [0.5, 0.6) is 5.75 Å². The molecule has 1 aromatic rings. The Bertz CT molecular complexity index is 424. The number of aliphatic carboxylic acids is 1. The van der Waals surface area contributed by atoms with E-state index in [4.69, 9.17) is 9.84 Å². The Labute approximate surface area is 104 Å². The minimum absolute atomic E-state index is 0.0214. The second kappa shape index (κ2) is 6.30. The van der Waals surface area contributed by atoms with Crippen LogP contribution in [-0.4, -0.2) is 29.8 Å². The number of carbonyl (C=O) groups is 1. The van der Waals surface area contributed by atoms with E-state index in [0.717, 1.165) is 12.1 Å². The number of rotatable bonds is 6. The van der Waals surface area contributed by atoms with Crippen LogP contribution in [0.25, 0.3) is 0 Å². The SMILES string of the molecule is CC(C)NCC(Oc1ccc(F)c(F)c1)C(=O)O. The van der Waals surface area contributed by atoms with Gasteiger partial charge in [-0.15, -0.1) is 0 Å². The van der Waals surface area contributed by atoms with Gasteiger partial charge in [0, 0.05) is 18.7 Å². The van der Waals surface area contributed by atoms with Crippen molar-refractivity contribution in [2.24, 2.45) is 0 Å². The average Bonchev–Trinajstić information content (AvgIpc) is 2.28. The van der Waals surface area contributed by atoms with Crippen LogP contribution in [0.4, 0.5) is 8.78 Å². The molecule has 0 aliphatic rings. The third kappa shape index (κ3) is 4.29. The number of halogens is 2. The van der Waals surface area contributed by atoms with E-state index in [-0.39, 0.29) is 18.3 Å². The van der Waals surface area contributed by atoms with Crippen LogP contribution in [0.15, 0.2) is 18.2 Å². The van der Waals surface area contributed by atoms with Crippen molar-refractivity contribution < 1.29 is 23.4 Å². The van der Waals surface area contributed by atoms with E-state index in [2.05, 4.69) is 5.32 Å². The van der Waals surface area contributed by atoms with Gasteiger partial charge in [0.05, 0.1) is 0 Å². The maximum absolute atomic E-state index is 12.9. The summed E-state index contributed by atoms with van der Waals surface area (Å²) in [4.78, 5) is 10.9. The highest BCUT2D eigenvalue weighted by Crippen LogP contribution is 2.16. The second-order valence-electron chi connectivity index (χ2n) is 4.08. The fourth-order valence-corrected chi connectivity index (χ4v) is 1.24. The molecule has 0 saturated carbocycles. The van der Waals surface area contributed by atoms with Crippen LogP contribution in [0.1, 0.15) is 13.8 Å². The van der Waals surface area contributed by atoms with E-state index >= 15 is 0 Å². The molecule has 1 rings (SSSR count). The minimum atomic E-state index is -1.17. The molecule has 0 aliphatic carbocycles. The molecule has 0 heterocycles. The molecular formula is C12H15F2NO3. The summed E-state index contributed by atoms with van der Waals surface area (Å²) in [6.07, 6.45) is -1.16. The Morgan fingerprint density at radius 1 is 1.39 bits per heavy atom. The Morgan fingerprint density at radius 2 is 2.06 bits per heavy atom. The lowest BCUT2D eigenvalue weighted by Crippen LogP contribution is -2.40. The van der Waals surface area contributed by atoms with Crippen LogP contribution in [0.2, 0.25) is 0 Å². The van der Waals surface area contributed by atoms with E-state index in [1.807, 2.05) is 13.8 Å². The average molecular weight is 259 g/mol. The van der Waals surface area contributed by atoms with Crippen LogP contribution < -0.4 is 10.1 Å². The van der Waals surface area contributed by atoms with Crippen molar-refractivity contribution in [3.05, 3.63) is 29.8 Å². The molecule has 6 heteroatoms. The van der Waals surface area contributed by atoms with Gasteiger partial charge in [-0.1, -0.05) is 13.8 Å². The van der Waals surface area contributed by atoms with Gasteiger partial charge in [-0.05, 0) is 12.1 Å². The highest BCUT2D eigenvalue weighted by molar-refractivity contribution is 5.73. The number of hydrogen-bond donors (Lipinski definition) is 2. The normalized spacial score (nSPS) is 12.5. The summed E-state index contributed by atoms with van der Waals surface area (Å²) in [7, 11) is 0. The fraction of sp³-hybridized carbons (Fsp3) is 0.417. The van der Waals surface area contributed by atoms with Crippen LogP contribution in [-0.2, 0) is 4.79 Å². The zero-order chi connectivity index (χ0) is 13.7. The summed E-state index contributed by atoms with van der Waals surface area (Å²) >= 11 is 0. The Morgan fingerprint density at radius 3 is 2.56 bits per heavy atom. The number of carboxylic acids is 1. The van der Waals surface area contributed by atoms with Gasteiger partial charge in [0.15, 0.2) is 11.6 Å². The van der Waals surface area contributed by atoms with Crippen LogP contribution in [0, 0.1) is 11.6 Å². The summed E-state index contributed by atoms with van der Waals surface area (Å²) in [6.45, 7) is 3.79. The first-order valence-corrected chi connectivity index (χ1v) is 5.48. The summed E-state index contributed by atoms with van der Waals surface area (Å²) in [6, 6.07) is 2.99. The maximum Gasteiger partial charge on any atom is 0.346 e. The Kier molecular flexibility index (Phi) is 5.03. The molecule has 0 amide bonds. The molecule has 0 fully saturated rings. The standard InChI is InChI=1S/C12H15F2NO3/c1-7(2)15-6-11(12(16)17)18-8-3-4-9(13)10(14)5-8/h3-5,7,11,15H,6H2,1-2H3,(H,16,17). The van der Waals surface area contributed by atoms with Gasteiger partial charge >= 0.3 is 5.97 Å². The molecule has 0 aromatic heterocycles. The topological polar surface area (TPSA) is 58.6 Å². The lowest BCUT2D eigenvalue weighted by atomic mass is 10.3. The first kappa shape index (κ1) is 14.4. The van der Waals surface area contributed by atoms with Crippen LogP contribution in [0.3, 0.4) is 0 Å². The molecule has 0 spiro atoms. The summed E-state index contributed by atoms with van der Waals surface area (Å²) in [5.74, 6) is -3.28. The number of nitrogens with one attached hydrogen (secondary N) is 1. The number of carboxylic acid groups (broad SMARTS) is 1. The van der Waals surface area contributed by atoms with Gasteiger partial charge in [-0.3, -0.25) is 0 Å². The Balaban J connectivity index is 2.70. The molecule has 0 aliphatic heterocycles. The van der Waals surface area contributed by atoms with Gasteiger partial charge in [0.2, 0.25) is 6.10 Å². The number of ether oxygens (including phenoxy) is 1. The highest BCUT2D eigenvalue weighted by Gasteiger charge is 2.20. The molecule has 4 nitrogen and oxygen atoms in total. The molecule has 1 atom stereocenters. The number of benzene rings is 1. The molecule has 100 valence electrons. The van der Waals surface area contributed by atoms with Gasteiger partial charge in [0.1, 0.15) is 5.75 Å². The molecule has 0 saturated heterocycles. The van der Waals surface area contributed by atoms with Crippen molar-refractivity contribution in [2.75, 3.05) is 6.54 Å². The van der Waals surface area contributed by atoms with Gasteiger partial charge in [0.25, 0.3) is 0 Å². The van der Waals surface area contributed by atoms with E-state index in [9.17, 15) is 13.6 Å². The summed E-state index contributed by atoms with van der Waals surface area (Å²) in [5.41, 5.74) is 0. The molecule has 0 radical (unpaired) electrons. The van der Waals surface area contributed by atoms with Gasteiger partial charge in [-0.2, -0.15) is 0 Å². The van der Waals surface area contributed by atoms with Crippen molar-refractivity contribution in [2.45, 2.75) is 26.0 Å². The zero-order valence-electron chi connectivity index (χ0n) is 10.1. The highest BCUT2D eigenvalue weighted by atomic mass is 19.2. The fourth-order valence-electron chi connectivity index (χ4n) is 1.24. The first-order chi connectivity index (χ1) is 8.40. The smallest absolute Gasteiger partial charge is 0.346 e. The van der Waals surface area contributed by atoms with Crippen molar-refractivity contribution in [1.29, 1.82) is 0 Å². The predicted octanol–water partition coefficient (Wildman–Crippen LogP) is 1.79. The van der Waals surface area contributed by atoms with E-state index in [1.165, 1.54) is 6.07 Å². The molecule has 1 aromatic carbocycles. The second-order valence-corrected chi connectivity index (χ2v) is 4.08. The van der Waals surface area contributed by atoms with Crippen LogP contribution >= 0.6 is 0 Å². The molecule has 2 N–H and O–H groups in total. The maximum atomic E-state index is 12.9. The van der Waals surface area contributed by atoms with Crippen molar-refractivity contribution >= 4 is 5.97 Å². The largest absolute Gasteiger partial charge is 0.478 e. The molecule has 0 bridgehead atoms. The zero-order valence-corrected chi connectivity index (χ0v) is 10.1. The van der Waals surface area contributed by atoms with E-state index < -0.39 is 23.7 Å². The summed E-state index contributed by atoms with van der Waals surface area (Å²) < 4.78 is 30.7. The summed E-state index contributed by atoms with van der Waals surface area (Å²) in [5, 5.41) is 11.8. The third-order valence-corrected chi connectivity index (χ3v) is 2.16. The quantitative estimate of drug-likeness (QED) is 0.817. The van der Waals surface area contributed by atoms with Crippen molar-refractivity contribution in [3.63, 3.8) is 0 Å². The molecular weight excluding hydrogens is 244 g/mol. The molecule has 18 heavy (non-hydrogen) atoms. The Hall–Kier alpha value is -1.69.